The highest BCUT2D eigenvalue weighted by Gasteiger charge is 2.35. The van der Waals surface area contributed by atoms with Crippen LogP contribution in [0.1, 0.15) is 11.3 Å². The van der Waals surface area contributed by atoms with Crippen molar-refractivity contribution in [3.05, 3.63) is 65.9 Å². The molecule has 0 atom stereocenters. The molecule has 0 spiro atoms. The van der Waals surface area contributed by atoms with E-state index in [-0.39, 0.29) is 12.2 Å². The maximum absolute atomic E-state index is 13.3. The summed E-state index contributed by atoms with van der Waals surface area (Å²) in [6, 6.07) is 14.4. The average molecular weight is 439 g/mol. The molecule has 0 unspecified atom stereocenters. The molecule has 3 rings (SSSR count). The van der Waals surface area contributed by atoms with Crippen LogP contribution in [-0.2, 0) is 22.6 Å². The van der Waals surface area contributed by atoms with Crippen molar-refractivity contribution in [1.82, 2.24) is 14.5 Å². The molecule has 1 N–H and O–H groups in total. The molecule has 0 radical (unpaired) electrons. The number of sulfonamides is 1. The lowest BCUT2D eigenvalue weighted by molar-refractivity contribution is -0.141. The molecule has 10 heteroatoms. The van der Waals surface area contributed by atoms with Gasteiger partial charge >= 0.3 is 6.18 Å². The van der Waals surface area contributed by atoms with E-state index in [9.17, 15) is 21.6 Å². The number of nitrogens with zero attached hydrogens (tertiary/aromatic N) is 2. The Hall–Kier alpha value is -2.85. The number of ether oxygens (including phenoxy) is 1. The lowest BCUT2D eigenvalue weighted by Gasteiger charge is -2.09. The third-order valence-corrected chi connectivity index (χ3v) is 5.07. The molecular formula is C20H20F3N3O3S. The Labute approximate surface area is 172 Å². The molecule has 0 aliphatic heterocycles. The number of benzene rings is 2. The number of methoxy groups -OCH3 is 1. The first-order valence-electron chi connectivity index (χ1n) is 8.92. The molecule has 0 aliphatic carbocycles. The van der Waals surface area contributed by atoms with Crippen LogP contribution >= 0.6 is 0 Å². The number of nitrogens with one attached hydrogen (secondary N) is 1. The van der Waals surface area contributed by atoms with Gasteiger partial charge in [-0.2, -0.15) is 18.3 Å². The van der Waals surface area contributed by atoms with Gasteiger partial charge < -0.3 is 4.74 Å². The van der Waals surface area contributed by atoms with E-state index < -0.39 is 21.9 Å². The maximum atomic E-state index is 13.3. The third kappa shape index (κ3) is 5.39. The van der Waals surface area contributed by atoms with Crippen LogP contribution in [0.3, 0.4) is 0 Å². The number of hydrogen-bond acceptors (Lipinski definition) is 4. The van der Waals surface area contributed by atoms with Gasteiger partial charge in [0, 0.05) is 12.1 Å². The van der Waals surface area contributed by atoms with Gasteiger partial charge in [0.1, 0.15) is 5.75 Å². The fourth-order valence-corrected chi connectivity index (χ4v) is 3.34. The molecule has 0 saturated carbocycles. The van der Waals surface area contributed by atoms with Crippen LogP contribution in [0.4, 0.5) is 13.2 Å². The summed E-state index contributed by atoms with van der Waals surface area (Å²) in [5.74, 6) is 0.579. The average Bonchev–Trinajstić information content (AvgIpc) is 3.13. The van der Waals surface area contributed by atoms with Gasteiger partial charge in [-0.05, 0) is 42.3 Å². The molecule has 2 aromatic carbocycles. The lowest BCUT2D eigenvalue weighted by Crippen LogP contribution is -2.24. The molecule has 160 valence electrons. The summed E-state index contributed by atoms with van der Waals surface area (Å²) in [5.41, 5.74) is 1.15. The Morgan fingerprint density at radius 3 is 2.23 bits per heavy atom. The van der Waals surface area contributed by atoms with E-state index in [0.717, 1.165) is 17.9 Å². The van der Waals surface area contributed by atoms with Crippen molar-refractivity contribution in [2.45, 2.75) is 12.6 Å². The first kappa shape index (κ1) is 21.8. The maximum Gasteiger partial charge on any atom is 0.435 e. The summed E-state index contributed by atoms with van der Waals surface area (Å²) in [6.45, 7) is 0.236. The number of hydrogen-bond donors (Lipinski definition) is 1. The zero-order chi connectivity index (χ0) is 21.9. The normalized spacial score (nSPS) is 12.2. The highest BCUT2D eigenvalue weighted by Crippen LogP contribution is 2.33. The van der Waals surface area contributed by atoms with Crippen molar-refractivity contribution in [2.75, 3.05) is 19.9 Å². The van der Waals surface area contributed by atoms with Crippen LogP contribution in [0.5, 0.6) is 5.75 Å². The van der Waals surface area contributed by atoms with Gasteiger partial charge in [-0.25, -0.2) is 17.8 Å². The van der Waals surface area contributed by atoms with E-state index in [0.29, 0.717) is 23.4 Å². The zero-order valence-corrected chi connectivity index (χ0v) is 17.1. The molecule has 30 heavy (non-hydrogen) atoms. The third-order valence-electron chi connectivity index (χ3n) is 4.34. The quantitative estimate of drug-likeness (QED) is 0.610. The predicted molar refractivity (Wildman–Crippen MR) is 107 cm³/mol. The van der Waals surface area contributed by atoms with E-state index in [1.807, 2.05) is 0 Å². The van der Waals surface area contributed by atoms with Crippen LogP contribution < -0.4 is 9.46 Å². The number of alkyl halides is 3. The molecule has 6 nitrogen and oxygen atoms in total. The largest absolute Gasteiger partial charge is 0.497 e. The van der Waals surface area contributed by atoms with Crippen LogP contribution in [0.15, 0.2) is 54.6 Å². The van der Waals surface area contributed by atoms with E-state index in [1.165, 1.54) is 11.8 Å². The number of halogens is 3. The summed E-state index contributed by atoms with van der Waals surface area (Å²) < 4.78 is 70.8. The molecule has 0 aliphatic rings. The highest BCUT2D eigenvalue weighted by molar-refractivity contribution is 7.88. The number of aromatic nitrogens is 2. The second-order valence-electron chi connectivity index (χ2n) is 6.64. The van der Waals surface area contributed by atoms with Crippen molar-refractivity contribution in [2.24, 2.45) is 0 Å². The SMILES string of the molecule is COc1ccc(-n2nc(C(F)(F)F)cc2-c2ccc(CCNS(C)(=O)=O)cc2)cc1. The predicted octanol–water partition coefficient (Wildman–Crippen LogP) is 3.66. The Morgan fingerprint density at radius 2 is 1.70 bits per heavy atom. The Kier molecular flexibility index (Phi) is 6.18. The summed E-state index contributed by atoms with van der Waals surface area (Å²) in [6.07, 6.45) is -3.04. The molecule has 0 fully saturated rings. The Balaban J connectivity index is 1.92. The van der Waals surface area contributed by atoms with Crippen LogP contribution in [0.25, 0.3) is 16.9 Å². The number of rotatable bonds is 7. The molecule has 1 aromatic heterocycles. The van der Waals surface area contributed by atoms with Gasteiger partial charge in [0.25, 0.3) is 0 Å². The van der Waals surface area contributed by atoms with Crippen molar-refractivity contribution < 1.29 is 26.3 Å². The fraction of sp³-hybridized carbons (Fsp3) is 0.250. The van der Waals surface area contributed by atoms with Gasteiger partial charge in [-0.1, -0.05) is 24.3 Å². The monoisotopic (exact) mass is 439 g/mol. The molecular weight excluding hydrogens is 419 g/mol. The van der Waals surface area contributed by atoms with Gasteiger partial charge in [0.2, 0.25) is 10.0 Å². The Bertz CT molecular complexity index is 1110. The molecule has 0 saturated heterocycles. The van der Waals surface area contributed by atoms with Crippen LogP contribution in [-0.4, -0.2) is 38.1 Å². The topological polar surface area (TPSA) is 73.2 Å². The standard InChI is InChI=1S/C20H20F3N3O3S/c1-29-17-9-7-16(8-10-17)26-18(13-19(25-26)20(21,22)23)15-5-3-14(4-6-15)11-12-24-30(2,27)28/h3-10,13,24H,11-12H2,1-2H3. The van der Waals surface area contributed by atoms with Gasteiger partial charge in [0.15, 0.2) is 5.69 Å². The first-order valence-corrected chi connectivity index (χ1v) is 10.8. The van der Waals surface area contributed by atoms with E-state index in [4.69, 9.17) is 4.74 Å². The smallest absolute Gasteiger partial charge is 0.435 e. The van der Waals surface area contributed by atoms with Crippen LogP contribution in [0.2, 0.25) is 0 Å². The van der Waals surface area contributed by atoms with E-state index in [2.05, 4.69) is 9.82 Å². The van der Waals surface area contributed by atoms with Crippen LogP contribution in [0, 0.1) is 0 Å². The summed E-state index contributed by atoms with van der Waals surface area (Å²) in [4.78, 5) is 0. The second kappa shape index (κ2) is 8.49. The molecule has 3 aromatic rings. The second-order valence-corrected chi connectivity index (χ2v) is 8.47. The van der Waals surface area contributed by atoms with Crippen molar-refractivity contribution in [3.8, 4) is 22.7 Å². The minimum Gasteiger partial charge on any atom is -0.497 e. The molecule has 0 amide bonds. The summed E-state index contributed by atoms with van der Waals surface area (Å²) in [5, 5.41) is 3.76. The van der Waals surface area contributed by atoms with Crippen molar-refractivity contribution in [3.63, 3.8) is 0 Å². The zero-order valence-electron chi connectivity index (χ0n) is 16.3. The van der Waals surface area contributed by atoms with Gasteiger partial charge in [0.05, 0.1) is 24.7 Å². The van der Waals surface area contributed by atoms with Gasteiger partial charge in [-0.15, -0.1) is 0 Å². The van der Waals surface area contributed by atoms with E-state index >= 15 is 0 Å². The Morgan fingerprint density at radius 1 is 1.07 bits per heavy atom. The molecule has 1 heterocycles. The lowest BCUT2D eigenvalue weighted by atomic mass is 10.1. The fourth-order valence-electron chi connectivity index (χ4n) is 2.87. The highest BCUT2D eigenvalue weighted by atomic mass is 32.2. The summed E-state index contributed by atoms with van der Waals surface area (Å²) in [7, 11) is -1.77. The molecule has 0 bridgehead atoms. The van der Waals surface area contributed by atoms with Crippen molar-refractivity contribution in [1.29, 1.82) is 0 Å². The van der Waals surface area contributed by atoms with Crippen molar-refractivity contribution >= 4 is 10.0 Å². The minimum absolute atomic E-state index is 0.236. The van der Waals surface area contributed by atoms with E-state index in [1.54, 1.807) is 48.5 Å². The van der Waals surface area contributed by atoms with Gasteiger partial charge in [-0.3, -0.25) is 0 Å². The first-order chi connectivity index (χ1) is 14.1. The minimum atomic E-state index is -4.58. The summed E-state index contributed by atoms with van der Waals surface area (Å²) >= 11 is 0.